The number of fused-ring (bicyclic) bond motifs is 1. The number of ether oxygens (including phenoxy) is 1. The third-order valence-corrected chi connectivity index (χ3v) is 8.35. The second-order valence-electron chi connectivity index (χ2n) is 9.32. The zero-order valence-electron chi connectivity index (χ0n) is 20.6. The molecule has 2 aliphatic rings. The van der Waals surface area contributed by atoms with Crippen molar-refractivity contribution in [2.24, 2.45) is 13.0 Å². The van der Waals surface area contributed by atoms with E-state index >= 15 is 0 Å². The molecule has 0 N–H and O–H groups in total. The van der Waals surface area contributed by atoms with Crippen molar-refractivity contribution in [3.8, 4) is 17.3 Å². The molecule has 3 aromatic rings. The van der Waals surface area contributed by atoms with E-state index in [-0.39, 0.29) is 23.6 Å². The summed E-state index contributed by atoms with van der Waals surface area (Å²) in [6.07, 6.45) is 4.24. The molecule has 35 heavy (non-hydrogen) atoms. The highest BCUT2D eigenvalue weighted by Gasteiger charge is 2.60. The Kier molecular flexibility index (Phi) is 7.59. The Hall–Kier alpha value is -2.36. The molecule has 8 nitrogen and oxygen atoms in total. The second-order valence-corrected chi connectivity index (χ2v) is 10.4. The van der Waals surface area contributed by atoms with E-state index in [1.54, 1.807) is 18.9 Å². The number of hydrogen-bond donors (Lipinski definition) is 0. The zero-order chi connectivity index (χ0) is 23.9. The first-order valence-corrected chi connectivity index (χ1v) is 12.8. The summed E-state index contributed by atoms with van der Waals surface area (Å²) >= 11 is 1.73. The lowest BCUT2D eigenvalue weighted by Crippen LogP contribution is -2.28. The van der Waals surface area contributed by atoms with Crippen molar-refractivity contribution in [1.82, 2.24) is 24.6 Å². The summed E-state index contributed by atoms with van der Waals surface area (Å²) in [5.74, 6) is 3.90. The SMILES string of the molecule is CCC(=O)c1ccc([C@@]23C[C@@H]2CN(CCCSc2nnc(-c4ocnc4C)n2C)C3)cc1OC.Cl. The number of carbonyl (C=O) groups is 1. The molecule has 0 radical (unpaired) electrons. The number of aryl methyl sites for hydroxylation is 1. The second kappa shape index (κ2) is 10.3. The van der Waals surface area contributed by atoms with Crippen LogP contribution in [-0.2, 0) is 12.5 Å². The van der Waals surface area contributed by atoms with Crippen LogP contribution < -0.4 is 4.74 Å². The smallest absolute Gasteiger partial charge is 0.202 e. The van der Waals surface area contributed by atoms with Crippen LogP contribution >= 0.6 is 24.2 Å². The largest absolute Gasteiger partial charge is 0.496 e. The molecular weight excluding hydrogens is 486 g/mol. The maximum Gasteiger partial charge on any atom is 0.202 e. The number of oxazole rings is 1. The van der Waals surface area contributed by atoms with Gasteiger partial charge < -0.3 is 18.6 Å². The molecule has 10 heteroatoms. The van der Waals surface area contributed by atoms with E-state index in [0.29, 0.717) is 35.2 Å². The molecule has 2 fully saturated rings. The molecule has 1 aromatic carbocycles. The fourth-order valence-electron chi connectivity index (χ4n) is 5.23. The van der Waals surface area contributed by atoms with Crippen molar-refractivity contribution in [2.45, 2.75) is 43.7 Å². The van der Waals surface area contributed by atoms with Crippen LogP contribution in [0.25, 0.3) is 11.6 Å². The predicted molar refractivity (Wildman–Crippen MR) is 138 cm³/mol. The number of aromatic nitrogens is 4. The van der Waals surface area contributed by atoms with Crippen LogP contribution in [0.15, 0.2) is 34.2 Å². The van der Waals surface area contributed by atoms with Crippen LogP contribution in [0, 0.1) is 12.8 Å². The van der Waals surface area contributed by atoms with Gasteiger partial charge in [-0.05, 0) is 49.9 Å². The highest BCUT2D eigenvalue weighted by molar-refractivity contribution is 7.99. The summed E-state index contributed by atoms with van der Waals surface area (Å²) in [6.45, 7) is 7.08. The average Bonchev–Trinajstić information content (AvgIpc) is 3.13. The number of carbonyl (C=O) groups excluding carboxylic acids is 1. The number of hydrogen-bond acceptors (Lipinski definition) is 8. The van der Waals surface area contributed by atoms with Crippen molar-refractivity contribution in [1.29, 1.82) is 0 Å². The Morgan fingerprint density at radius 3 is 2.89 bits per heavy atom. The van der Waals surface area contributed by atoms with Crippen molar-refractivity contribution in [3.63, 3.8) is 0 Å². The molecule has 2 aromatic heterocycles. The Balaban J connectivity index is 0.00000289. The van der Waals surface area contributed by atoms with Gasteiger partial charge in [0.25, 0.3) is 0 Å². The van der Waals surface area contributed by atoms with E-state index in [1.807, 2.05) is 31.5 Å². The summed E-state index contributed by atoms with van der Waals surface area (Å²) in [6, 6.07) is 6.20. The lowest BCUT2D eigenvalue weighted by molar-refractivity contribution is 0.0985. The van der Waals surface area contributed by atoms with Gasteiger partial charge in [-0.15, -0.1) is 22.6 Å². The quantitative estimate of drug-likeness (QED) is 0.220. The van der Waals surface area contributed by atoms with Crippen LogP contribution in [0.4, 0.5) is 0 Å². The third-order valence-electron chi connectivity index (χ3n) is 7.25. The molecule has 2 atom stereocenters. The minimum Gasteiger partial charge on any atom is -0.496 e. The molecule has 188 valence electrons. The number of nitrogens with zero attached hydrogens (tertiary/aromatic N) is 5. The summed E-state index contributed by atoms with van der Waals surface area (Å²) in [5, 5.41) is 9.51. The van der Waals surface area contributed by atoms with Crippen molar-refractivity contribution in [2.75, 3.05) is 32.5 Å². The summed E-state index contributed by atoms with van der Waals surface area (Å²) < 4.78 is 13.0. The van der Waals surface area contributed by atoms with Crippen molar-refractivity contribution in [3.05, 3.63) is 41.4 Å². The normalized spacial score (nSPS) is 21.0. The number of thioether (sulfide) groups is 1. The molecular formula is C25H32ClN5O3S. The molecule has 0 spiro atoms. The lowest BCUT2D eigenvalue weighted by Gasteiger charge is -2.21. The van der Waals surface area contributed by atoms with Gasteiger partial charge in [-0.2, -0.15) is 0 Å². The Labute approximate surface area is 216 Å². The molecule has 1 saturated heterocycles. The molecule has 1 saturated carbocycles. The van der Waals surface area contributed by atoms with Crippen LogP contribution in [0.2, 0.25) is 0 Å². The van der Waals surface area contributed by atoms with E-state index in [1.165, 1.54) is 18.4 Å². The average molecular weight is 518 g/mol. The summed E-state index contributed by atoms with van der Waals surface area (Å²) in [7, 11) is 3.62. The number of benzene rings is 1. The maximum atomic E-state index is 12.2. The number of likely N-dealkylation sites (tertiary alicyclic amines) is 1. The molecule has 0 bridgehead atoms. The fraction of sp³-hybridized carbons (Fsp3) is 0.520. The van der Waals surface area contributed by atoms with E-state index < -0.39 is 0 Å². The van der Waals surface area contributed by atoms with Crippen LogP contribution in [0.1, 0.15) is 47.8 Å². The van der Waals surface area contributed by atoms with Gasteiger partial charge in [0.15, 0.2) is 23.1 Å². The van der Waals surface area contributed by atoms with Gasteiger partial charge in [0.2, 0.25) is 5.82 Å². The van der Waals surface area contributed by atoms with Gasteiger partial charge in [-0.1, -0.05) is 24.8 Å². The Morgan fingerprint density at radius 1 is 1.34 bits per heavy atom. The minimum absolute atomic E-state index is 0. The van der Waals surface area contributed by atoms with Gasteiger partial charge in [0.05, 0.1) is 18.4 Å². The molecule has 3 heterocycles. The van der Waals surface area contributed by atoms with Gasteiger partial charge in [0, 0.05) is 37.7 Å². The minimum atomic E-state index is 0. The Bertz CT molecular complexity index is 1210. The zero-order valence-corrected chi connectivity index (χ0v) is 22.2. The number of halogens is 1. The standard InChI is InChI=1S/C25H31N5O3S.ClH/c1-5-20(31)19-8-7-17(11-21(19)32-4)25-12-18(25)13-30(14-25)9-6-10-34-24-28-27-23(29(24)3)22-16(2)26-15-33-22;/h7-8,11,15,18H,5-6,9-10,12-14H2,1-4H3;1H/t18-,25+;/m1./s1. The van der Waals surface area contributed by atoms with Gasteiger partial charge in [-0.3, -0.25) is 4.79 Å². The first kappa shape index (κ1) is 25.7. The first-order valence-electron chi connectivity index (χ1n) is 11.8. The maximum absolute atomic E-state index is 12.2. The lowest BCUT2D eigenvalue weighted by atomic mass is 9.92. The molecule has 1 aliphatic carbocycles. The topological polar surface area (TPSA) is 86.3 Å². The highest BCUT2D eigenvalue weighted by atomic mass is 35.5. The van der Waals surface area contributed by atoms with Crippen molar-refractivity contribution < 1.29 is 13.9 Å². The van der Waals surface area contributed by atoms with Crippen molar-refractivity contribution >= 4 is 30.0 Å². The number of piperidine rings is 1. The summed E-state index contributed by atoms with van der Waals surface area (Å²) in [4.78, 5) is 18.9. The number of Topliss-reactive ketones (excluding diaryl/α,β-unsaturated/α-hetero) is 1. The molecule has 1 aliphatic heterocycles. The fourth-order valence-corrected chi connectivity index (χ4v) is 6.07. The number of methoxy groups -OCH3 is 1. The van der Waals surface area contributed by atoms with E-state index in [0.717, 1.165) is 42.7 Å². The number of ketones is 1. The molecule has 0 unspecified atom stereocenters. The van der Waals surface area contributed by atoms with E-state index in [2.05, 4.69) is 32.2 Å². The van der Waals surface area contributed by atoms with E-state index in [9.17, 15) is 4.79 Å². The molecule has 5 rings (SSSR count). The van der Waals surface area contributed by atoms with Crippen LogP contribution in [0.5, 0.6) is 5.75 Å². The predicted octanol–water partition coefficient (Wildman–Crippen LogP) is 4.56. The van der Waals surface area contributed by atoms with Crippen LogP contribution in [0.3, 0.4) is 0 Å². The molecule has 0 amide bonds. The summed E-state index contributed by atoms with van der Waals surface area (Å²) in [5.41, 5.74) is 3.05. The monoisotopic (exact) mass is 517 g/mol. The Morgan fingerprint density at radius 2 is 2.17 bits per heavy atom. The first-order chi connectivity index (χ1) is 16.5. The van der Waals surface area contributed by atoms with Gasteiger partial charge >= 0.3 is 0 Å². The third kappa shape index (κ3) is 4.73. The van der Waals surface area contributed by atoms with Gasteiger partial charge in [0.1, 0.15) is 5.75 Å². The number of rotatable bonds is 10. The van der Waals surface area contributed by atoms with E-state index in [4.69, 9.17) is 9.15 Å². The highest BCUT2D eigenvalue weighted by Crippen LogP contribution is 2.59. The van der Waals surface area contributed by atoms with Crippen LogP contribution in [-0.4, -0.2) is 62.9 Å². The van der Waals surface area contributed by atoms with Gasteiger partial charge in [-0.25, -0.2) is 4.98 Å².